The van der Waals surface area contributed by atoms with Gasteiger partial charge in [0.05, 0.1) is 12.5 Å². The molecule has 2 saturated heterocycles. The minimum atomic E-state index is -0.672. The predicted octanol–water partition coefficient (Wildman–Crippen LogP) is 1.52. The van der Waals surface area contributed by atoms with Crippen LogP contribution in [0.4, 0.5) is 4.79 Å². The zero-order valence-corrected chi connectivity index (χ0v) is 12.2. The maximum absolute atomic E-state index is 12.0. The van der Waals surface area contributed by atoms with Crippen molar-refractivity contribution in [2.75, 3.05) is 13.2 Å². The van der Waals surface area contributed by atoms with E-state index in [4.69, 9.17) is 9.47 Å². The van der Waals surface area contributed by atoms with Gasteiger partial charge in [0.1, 0.15) is 11.4 Å². The van der Waals surface area contributed by atoms with Crippen molar-refractivity contribution in [3.05, 3.63) is 0 Å². The number of rotatable bonds is 2. The number of carbonyl (C=O) groups is 3. The summed E-state index contributed by atoms with van der Waals surface area (Å²) in [4.78, 5) is 36.7. The predicted molar refractivity (Wildman–Crippen MR) is 70.0 cm³/mol. The van der Waals surface area contributed by atoms with E-state index in [-0.39, 0.29) is 30.8 Å². The zero-order chi connectivity index (χ0) is 14.9. The van der Waals surface area contributed by atoms with Gasteiger partial charge in [0.15, 0.2) is 0 Å². The Kier molecular flexibility index (Phi) is 4.13. The fourth-order valence-corrected chi connectivity index (χ4v) is 2.30. The van der Waals surface area contributed by atoms with E-state index in [9.17, 15) is 14.4 Å². The van der Waals surface area contributed by atoms with Crippen LogP contribution in [0.15, 0.2) is 0 Å². The molecule has 0 aromatic heterocycles. The normalized spacial score (nSPS) is 27.2. The fraction of sp³-hybridized carbons (Fsp3) is 0.786. The Morgan fingerprint density at radius 2 is 2.05 bits per heavy atom. The number of ether oxygens (including phenoxy) is 2. The number of nitrogens with zero attached hydrogens (tertiary/aromatic N) is 1. The fourth-order valence-electron chi connectivity index (χ4n) is 2.30. The molecule has 2 rings (SSSR count). The Balaban J connectivity index is 1.99. The number of amides is 2. The molecular weight excluding hydrogens is 262 g/mol. The monoisotopic (exact) mass is 283 g/mol. The summed E-state index contributed by atoms with van der Waals surface area (Å²) in [5, 5.41) is 0. The summed E-state index contributed by atoms with van der Waals surface area (Å²) in [6.45, 7) is 6.05. The van der Waals surface area contributed by atoms with Crippen molar-refractivity contribution < 1.29 is 23.9 Å². The van der Waals surface area contributed by atoms with Gasteiger partial charge in [-0.15, -0.1) is 0 Å². The van der Waals surface area contributed by atoms with Crippen LogP contribution >= 0.6 is 0 Å². The highest BCUT2D eigenvalue weighted by molar-refractivity contribution is 6.06. The average molecular weight is 283 g/mol. The molecule has 20 heavy (non-hydrogen) atoms. The first-order valence-electron chi connectivity index (χ1n) is 6.94. The molecule has 2 fully saturated rings. The van der Waals surface area contributed by atoms with Crippen LogP contribution in [0, 0.1) is 5.92 Å². The second-order valence-electron chi connectivity index (χ2n) is 6.34. The molecule has 0 N–H and O–H groups in total. The molecule has 0 bridgehead atoms. The summed E-state index contributed by atoms with van der Waals surface area (Å²) in [5.41, 5.74) is -0.661. The zero-order valence-electron chi connectivity index (χ0n) is 12.2. The van der Waals surface area contributed by atoms with Crippen LogP contribution in [0.5, 0.6) is 0 Å². The molecule has 2 amide bonds. The molecule has 112 valence electrons. The van der Waals surface area contributed by atoms with Gasteiger partial charge in [-0.25, -0.2) is 9.69 Å². The lowest BCUT2D eigenvalue weighted by atomic mass is 9.89. The second kappa shape index (κ2) is 5.52. The smallest absolute Gasteiger partial charge is 0.417 e. The lowest BCUT2D eigenvalue weighted by Gasteiger charge is -2.35. The van der Waals surface area contributed by atoms with E-state index in [1.165, 1.54) is 0 Å². The lowest BCUT2D eigenvalue weighted by Crippen LogP contribution is -2.50. The summed E-state index contributed by atoms with van der Waals surface area (Å²) in [5.74, 6) is -0.911. The number of likely N-dealkylation sites (tertiary alicyclic amines) is 1. The van der Waals surface area contributed by atoms with E-state index in [1.807, 2.05) is 0 Å². The number of Topliss-reactive ketones (excluding diaryl/α,β-unsaturated/α-hetero) is 1. The number of ketones is 1. The molecule has 2 atom stereocenters. The van der Waals surface area contributed by atoms with E-state index >= 15 is 0 Å². The number of hydrogen-bond donors (Lipinski definition) is 0. The third kappa shape index (κ3) is 3.56. The van der Waals surface area contributed by atoms with Crippen molar-refractivity contribution in [3.8, 4) is 0 Å². The van der Waals surface area contributed by atoms with Crippen LogP contribution in [0.3, 0.4) is 0 Å². The maximum atomic E-state index is 12.0. The van der Waals surface area contributed by atoms with Gasteiger partial charge in [0, 0.05) is 19.1 Å². The Bertz CT molecular complexity index is 422. The summed E-state index contributed by atoms with van der Waals surface area (Å²) < 4.78 is 10.5. The van der Waals surface area contributed by atoms with Gasteiger partial charge in [-0.1, -0.05) is 0 Å². The van der Waals surface area contributed by atoms with Crippen molar-refractivity contribution in [2.45, 2.75) is 51.7 Å². The van der Waals surface area contributed by atoms with Crippen LogP contribution in [0.25, 0.3) is 0 Å². The molecule has 2 aliphatic heterocycles. The van der Waals surface area contributed by atoms with Gasteiger partial charge < -0.3 is 9.47 Å². The molecule has 6 nitrogen and oxygen atoms in total. The van der Waals surface area contributed by atoms with Crippen molar-refractivity contribution in [1.29, 1.82) is 0 Å². The van der Waals surface area contributed by atoms with Crippen molar-refractivity contribution in [3.63, 3.8) is 0 Å². The largest absolute Gasteiger partial charge is 0.443 e. The van der Waals surface area contributed by atoms with Crippen LogP contribution in [0.1, 0.15) is 40.0 Å². The molecule has 2 heterocycles. The Hall–Kier alpha value is -1.43. The number of imide groups is 1. The molecule has 0 aliphatic carbocycles. The summed E-state index contributed by atoms with van der Waals surface area (Å²) >= 11 is 0. The third-order valence-corrected chi connectivity index (χ3v) is 3.44. The summed E-state index contributed by atoms with van der Waals surface area (Å²) in [6, 6.07) is 0. The van der Waals surface area contributed by atoms with Gasteiger partial charge in [-0.05, 0) is 33.6 Å². The molecule has 0 aromatic rings. The van der Waals surface area contributed by atoms with Gasteiger partial charge in [0.25, 0.3) is 0 Å². The first-order valence-corrected chi connectivity index (χ1v) is 6.94. The van der Waals surface area contributed by atoms with E-state index in [1.54, 1.807) is 20.8 Å². The molecule has 6 heteroatoms. The van der Waals surface area contributed by atoms with Crippen molar-refractivity contribution >= 4 is 17.8 Å². The average Bonchev–Trinajstić information content (AvgIpc) is 2.22. The third-order valence-electron chi connectivity index (χ3n) is 3.44. The van der Waals surface area contributed by atoms with Gasteiger partial charge in [0.2, 0.25) is 5.91 Å². The standard InChI is InChI=1S/C14H21NO5/c1-14(2,3)20-13(18)15-8-9(6-10-4-5-19-10)11(16)7-12(15)17/h9-10H,4-8H2,1-3H3. The minimum Gasteiger partial charge on any atom is -0.443 e. The Morgan fingerprint density at radius 1 is 1.40 bits per heavy atom. The highest BCUT2D eigenvalue weighted by Gasteiger charge is 2.39. The molecule has 0 saturated carbocycles. The molecule has 0 radical (unpaired) electrons. The van der Waals surface area contributed by atoms with Gasteiger partial charge in [-0.3, -0.25) is 9.59 Å². The number of carbonyl (C=O) groups excluding carboxylic acids is 3. The van der Waals surface area contributed by atoms with Crippen LogP contribution in [0.2, 0.25) is 0 Å². The number of piperidine rings is 1. The van der Waals surface area contributed by atoms with E-state index in [0.717, 1.165) is 17.9 Å². The lowest BCUT2D eigenvalue weighted by molar-refractivity contribution is -0.144. The van der Waals surface area contributed by atoms with Crippen LogP contribution < -0.4 is 0 Å². The van der Waals surface area contributed by atoms with Crippen LogP contribution in [-0.4, -0.2) is 47.5 Å². The SMILES string of the molecule is CC(C)(C)OC(=O)N1CC(CC2CCO2)C(=O)CC1=O. The highest BCUT2D eigenvalue weighted by atomic mass is 16.6. The quantitative estimate of drug-likeness (QED) is 0.718. The van der Waals surface area contributed by atoms with Gasteiger partial charge >= 0.3 is 6.09 Å². The van der Waals surface area contributed by atoms with Crippen LogP contribution in [-0.2, 0) is 19.1 Å². The molecule has 2 unspecified atom stereocenters. The summed E-state index contributed by atoms with van der Waals surface area (Å²) in [7, 11) is 0. The second-order valence-corrected chi connectivity index (χ2v) is 6.34. The molecule has 0 aromatic carbocycles. The van der Waals surface area contributed by atoms with E-state index in [0.29, 0.717) is 6.42 Å². The maximum Gasteiger partial charge on any atom is 0.417 e. The Labute approximate surface area is 118 Å². The van der Waals surface area contributed by atoms with E-state index < -0.39 is 17.6 Å². The molecule has 2 aliphatic rings. The molecule has 0 spiro atoms. The molecular formula is C14H21NO5. The summed E-state index contributed by atoms with van der Waals surface area (Å²) in [6.07, 6.45) is 0.693. The first-order chi connectivity index (χ1) is 9.26. The number of hydrogen-bond acceptors (Lipinski definition) is 5. The van der Waals surface area contributed by atoms with Crippen molar-refractivity contribution in [1.82, 2.24) is 4.90 Å². The van der Waals surface area contributed by atoms with Crippen molar-refractivity contribution in [2.24, 2.45) is 5.92 Å². The van der Waals surface area contributed by atoms with E-state index in [2.05, 4.69) is 0 Å². The topological polar surface area (TPSA) is 72.9 Å². The Morgan fingerprint density at radius 3 is 2.55 bits per heavy atom. The van der Waals surface area contributed by atoms with Gasteiger partial charge in [-0.2, -0.15) is 0 Å². The highest BCUT2D eigenvalue weighted by Crippen LogP contribution is 2.26. The first kappa shape index (κ1) is 15.0. The minimum absolute atomic E-state index is 0.0811.